The molecule has 2 rings (SSSR count). The zero-order chi connectivity index (χ0) is 15.9. The summed E-state index contributed by atoms with van der Waals surface area (Å²) in [6, 6.07) is 10.1. The van der Waals surface area contributed by atoms with Gasteiger partial charge in [0.25, 0.3) is 0 Å². The molecule has 1 heterocycles. The highest BCUT2D eigenvalue weighted by Crippen LogP contribution is 2.24. The highest BCUT2D eigenvalue weighted by molar-refractivity contribution is 5.64. The van der Waals surface area contributed by atoms with Crippen LogP contribution in [0.4, 0.5) is 22.0 Å². The Morgan fingerprint density at radius 2 is 1.91 bits per heavy atom. The first-order valence-corrected chi connectivity index (χ1v) is 6.68. The van der Waals surface area contributed by atoms with Gasteiger partial charge in [0, 0.05) is 5.69 Å². The fraction of sp³-hybridized carbons (Fsp3) is 0.200. The molecule has 0 aliphatic carbocycles. The van der Waals surface area contributed by atoms with E-state index in [0.717, 1.165) is 5.69 Å². The van der Waals surface area contributed by atoms with Crippen LogP contribution in [-0.4, -0.2) is 17.7 Å². The van der Waals surface area contributed by atoms with E-state index < -0.39 is 6.16 Å². The van der Waals surface area contributed by atoms with Crippen molar-refractivity contribution < 1.29 is 14.3 Å². The predicted octanol–water partition coefficient (Wildman–Crippen LogP) is 3.92. The lowest BCUT2D eigenvalue weighted by Gasteiger charge is -2.03. The van der Waals surface area contributed by atoms with E-state index in [0.29, 0.717) is 22.9 Å². The molecule has 0 fully saturated rings. The standard InChI is InChI=1S/C15H16N4O3/c1-3-21-15(20)22-12-7-5-11(6-8-12)18-19-13-9-4-10(2)17-14(13)16/h4-9H,3H2,1-2H3,(H2,16,17). The van der Waals surface area contributed by atoms with Crippen molar-refractivity contribution in [1.29, 1.82) is 0 Å². The Labute approximate surface area is 127 Å². The lowest BCUT2D eigenvalue weighted by atomic mass is 10.3. The molecule has 0 amide bonds. The third kappa shape index (κ3) is 4.27. The highest BCUT2D eigenvalue weighted by Gasteiger charge is 2.04. The van der Waals surface area contributed by atoms with Crippen molar-refractivity contribution in [2.45, 2.75) is 13.8 Å². The maximum atomic E-state index is 11.2. The third-order valence-electron chi connectivity index (χ3n) is 2.61. The van der Waals surface area contributed by atoms with Crippen LogP contribution in [0.3, 0.4) is 0 Å². The lowest BCUT2D eigenvalue weighted by molar-refractivity contribution is 0.104. The molecule has 0 aliphatic rings. The smallest absolute Gasteiger partial charge is 0.434 e. The summed E-state index contributed by atoms with van der Waals surface area (Å²) >= 11 is 0. The second kappa shape index (κ2) is 7.16. The van der Waals surface area contributed by atoms with E-state index in [9.17, 15) is 4.79 Å². The molecule has 114 valence electrons. The van der Waals surface area contributed by atoms with Gasteiger partial charge in [-0.1, -0.05) is 0 Å². The number of ether oxygens (including phenoxy) is 2. The summed E-state index contributed by atoms with van der Waals surface area (Å²) in [5.41, 5.74) is 7.66. The van der Waals surface area contributed by atoms with Crippen LogP contribution in [0.25, 0.3) is 0 Å². The summed E-state index contributed by atoms with van der Waals surface area (Å²) in [5.74, 6) is 0.694. The van der Waals surface area contributed by atoms with Gasteiger partial charge in [0.15, 0.2) is 5.82 Å². The van der Waals surface area contributed by atoms with Crippen LogP contribution in [0.1, 0.15) is 12.6 Å². The average molecular weight is 300 g/mol. The number of hydrogen-bond donors (Lipinski definition) is 1. The molecule has 1 aromatic carbocycles. The second-order valence-corrected chi connectivity index (χ2v) is 4.34. The molecule has 7 heteroatoms. The minimum atomic E-state index is -0.740. The van der Waals surface area contributed by atoms with E-state index in [1.807, 2.05) is 6.92 Å². The van der Waals surface area contributed by atoms with Crippen LogP contribution >= 0.6 is 0 Å². The van der Waals surface area contributed by atoms with Crippen LogP contribution in [0.15, 0.2) is 46.6 Å². The van der Waals surface area contributed by atoms with Crippen LogP contribution in [0, 0.1) is 6.92 Å². The molecular weight excluding hydrogens is 284 g/mol. The first-order valence-electron chi connectivity index (χ1n) is 6.68. The molecule has 2 aromatic rings. The van der Waals surface area contributed by atoms with Gasteiger partial charge >= 0.3 is 6.16 Å². The van der Waals surface area contributed by atoms with Crippen LogP contribution in [-0.2, 0) is 4.74 Å². The molecule has 0 spiro atoms. The summed E-state index contributed by atoms with van der Waals surface area (Å²) in [6.07, 6.45) is -0.740. The summed E-state index contributed by atoms with van der Waals surface area (Å²) in [4.78, 5) is 15.3. The number of benzene rings is 1. The molecular formula is C15H16N4O3. The fourth-order valence-electron chi connectivity index (χ4n) is 1.59. The van der Waals surface area contributed by atoms with Gasteiger partial charge in [0.2, 0.25) is 0 Å². The minimum absolute atomic E-state index is 0.261. The zero-order valence-electron chi connectivity index (χ0n) is 12.3. The van der Waals surface area contributed by atoms with Gasteiger partial charge in [-0.15, -0.1) is 5.11 Å². The molecule has 0 radical (unpaired) electrons. The topological polar surface area (TPSA) is 99.2 Å². The average Bonchev–Trinajstić information content (AvgIpc) is 2.48. The van der Waals surface area contributed by atoms with Gasteiger partial charge in [-0.05, 0) is 50.2 Å². The van der Waals surface area contributed by atoms with Gasteiger partial charge in [-0.2, -0.15) is 5.11 Å². The van der Waals surface area contributed by atoms with Gasteiger partial charge in [0.1, 0.15) is 11.4 Å². The van der Waals surface area contributed by atoms with Gasteiger partial charge in [-0.3, -0.25) is 0 Å². The van der Waals surface area contributed by atoms with Crippen molar-refractivity contribution in [2.75, 3.05) is 12.3 Å². The van der Waals surface area contributed by atoms with Crippen LogP contribution < -0.4 is 10.5 Å². The van der Waals surface area contributed by atoms with Crippen molar-refractivity contribution in [3.63, 3.8) is 0 Å². The van der Waals surface area contributed by atoms with Crippen molar-refractivity contribution in [1.82, 2.24) is 4.98 Å². The molecule has 0 atom stereocenters. The van der Waals surface area contributed by atoms with E-state index in [2.05, 4.69) is 19.9 Å². The van der Waals surface area contributed by atoms with Crippen molar-refractivity contribution in [2.24, 2.45) is 10.2 Å². The normalized spacial score (nSPS) is 10.6. The Kier molecular flexibility index (Phi) is 5.02. The Balaban J connectivity index is 2.04. The number of aromatic nitrogens is 1. The van der Waals surface area contributed by atoms with Crippen molar-refractivity contribution >= 4 is 23.3 Å². The maximum absolute atomic E-state index is 11.2. The summed E-state index contributed by atoms with van der Waals surface area (Å²) < 4.78 is 9.62. The van der Waals surface area contributed by atoms with Gasteiger partial charge < -0.3 is 15.2 Å². The Bertz CT molecular complexity index is 684. The number of nitrogen functional groups attached to an aromatic ring is 1. The first-order chi connectivity index (χ1) is 10.6. The van der Waals surface area contributed by atoms with E-state index in [1.165, 1.54) is 0 Å². The number of nitrogens with zero attached hydrogens (tertiary/aromatic N) is 3. The monoisotopic (exact) mass is 300 g/mol. The van der Waals surface area contributed by atoms with E-state index in [1.54, 1.807) is 43.3 Å². The Morgan fingerprint density at radius 3 is 2.55 bits per heavy atom. The molecule has 0 saturated carbocycles. The third-order valence-corrected chi connectivity index (χ3v) is 2.61. The second-order valence-electron chi connectivity index (χ2n) is 4.34. The highest BCUT2D eigenvalue weighted by atomic mass is 16.7. The van der Waals surface area contributed by atoms with E-state index in [-0.39, 0.29) is 6.61 Å². The van der Waals surface area contributed by atoms with E-state index in [4.69, 9.17) is 10.5 Å². The van der Waals surface area contributed by atoms with Crippen LogP contribution in [0.2, 0.25) is 0 Å². The summed E-state index contributed by atoms with van der Waals surface area (Å²) in [6.45, 7) is 3.81. The fourth-order valence-corrected chi connectivity index (χ4v) is 1.59. The maximum Gasteiger partial charge on any atom is 0.513 e. The number of rotatable bonds is 4. The molecule has 0 saturated heterocycles. The summed E-state index contributed by atoms with van der Waals surface area (Å²) in [7, 11) is 0. The molecule has 1 aromatic heterocycles. The zero-order valence-corrected chi connectivity index (χ0v) is 12.3. The largest absolute Gasteiger partial charge is 0.513 e. The van der Waals surface area contributed by atoms with Crippen molar-refractivity contribution in [3.8, 4) is 5.75 Å². The lowest BCUT2D eigenvalue weighted by Crippen LogP contribution is -2.09. The number of hydrogen-bond acceptors (Lipinski definition) is 7. The Hall–Kier alpha value is -2.96. The molecule has 0 aliphatic heterocycles. The number of aryl methyl sites for hydroxylation is 1. The number of pyridine rings is 1. The number of azo groups is 1. The number of carbonyl (C=O) groups is 1. The predicted molar refractivity (Wildman–Crippen MR) is 81.7 cm³/mol. The summed E-state index contributed by atoms with van der Waals surface area (Å²) in [5, 5.41) is 8.10. The SMILES string of the molecule is CCOC(=O)Oc1ccc(N=Nc2ccc(C)nc2N)cc1. The van der Waals surface area contributed by atoms with E-state index >= 15 is 0 Å². The van der Waals surface area contributed by atoms with Gasteiger partial charge in [0.05, 0.1) is 12.3 Å². The quantitative estimate of drug-likeness (QED) is 0.524. The number of carbonyl (C=O) groups excluding carboxylic acids is 1. The number of nitrogens with two attached hydrogens (primary N) is 1. The van der Waals surface area contributed by atoms with Crippen LogP contribution in [0.5, 0.6) is 5.75 Å². The first kappa shape index (κ1) is 15.4. The van der Waals surface area contributed by atoms with Gasteiger partial charge in [-0.25, -0.2) is 9.78 Å². The minimum Gasteiger partial charge on any atom is -0.434 e. The number of anilines is 1. The molecule has 0 bridgehead atoms. The molecule has 0 unspecified atom stereocenters. The molecule has 2 N–H and O–H groups in total. The molecule has 7 nitrogen and oxygen atoms in total. The Morgan fingerprint density at radius 1 is 1.18 bits per heavy atom. The molecule has 22 heavy (non-hydrogen) atoms. The van der Waals surface area contributed by atoms with Crippen molar-refractivity contribution in [3.05, 3.63) is 42.1 Å².